The third kappa shape index (κ3) is 8.37. The highest BCUT2D eigenvalue weighted by atomic mass is 127. The molecule has 0 saturated heterocycles. The van der Waals surface area contributed by atoms with E-state index < -0.39 is 12.7 Å². The molecule has 2 rings (SSSR count). The van der Waals surface area contributed by atoms with E-state index in [1.807, 2.05) is 6.92 Å². The number of benzene rings is 2. The van der Waals surface area contributed by atoms with E-state index in [9.17, 15) is 13.9 Å². The molecule has 2 aromatic carbocycles. The third-order valence-corrected chi connectivity index (χ3v) is 4.20. The lowest BCUT2D eigenvalue weighted by Crippen LogP contribution is -2.39. The van der Waals surface area contributed by atoms with Crippen LogP contribution in [0.1, 0.15) is 24.2 Å². The molecule has 7 nitrogen and oxygen atoms in total. The van der Waals surface area contributed by atoms with Crippen LogP contribution in [-0.4, -0.2) is 45.0 Å². The van der Waals surface area contributed by atoms with Crippen molar-refractivity contribution < 1.29 is 28.1 Å². The van der Waals surface area contributed by atoms with Crippen LogP contribution in [0.5, 0.6) is 17.2 Å². The first-order valence-corrected chi connectivity index (χ1v) is 9.43. The van der Waals surface area contributed by atoms with Crippen LogP contribution in [-0.2, 0) is 6.54 Å². The number of nitrogens with one attached hydrogen (secondary N) is 2. The predicted octanol–water partition coefficient (Wildman–Crippen LogP) is 3.71. The Kier molecular flexibility index (Phi) is 11.9. The number of aliphatic imine (C=N–C) groups is 1. The summed E-state index contributed by atoms with van der Waals surface area (Å²) >= 11 is 0. The summed E-state index contributed by atoms with van der Waals surface area (Å²) in [6.45, 7) is -0.164. The van der Waals surface area contributed by atoms with E-state index in [2.05, 4.69) is 20.4 Å². The average molecular weight is 551 g/mol. The molecule has 3 N–H and O–H groups in total. The largest absolute Gasteiger partial charge is 0.497 e. The summed E-state index contributed by atoms with van der Waals surface area (Å²) < 4.78 is 40.2. The maximum atomic E-state index is 12.6. The molecular formula is C21H28F2IN3O4. The molecule has 1 unspecified atom stereocenters. The van der Waals surface area contributed by atoms with Crippen molar-refractivity contribution in [3.63, 3.8) is 0 Å². The molecule has 0 heterocycles. The fraction of sp³-hybridized carbons (Fsp3) is 0.381. The first-order chi connectivity index (χ1) is 14.5. The summed E-state index contributed by atoms with van der Waals surface area (Å²) in [5, 5.41) is 16.7. The zero-order chi connectivity index (χ0) is 21.9. The molecule has 1 atom stereocenters. The van der Waals surface area contributed by atoms with Gasteiger partial charge in [0.1, 0.15) is 17.2 Å². The molecule has 0 radical (unpaired) electrons. The molecule has 0 aromatic heterocycles. The first-order valence-electron chi connectivity index (χ1n) is 9.43. The van der Waals surface area contributed by atoms with Gasteiger partial charge in [0.15, 0.2) is 5.96 Å². The number of hydrogen-bond donors (Lipinski definition) is 3. The summed E-state index contributed by atoms with van der Waals surface area (Å²) in [5.74, 6) is 1.63. The number of nitrogens with zero attached hydrogens (tertiary/aromatic N) is 1. The highest BCUT2D eigenvalue weighted by Crippen LogP contribution is 2.29. The number of para-hydroxylation sites is 1. The minimum Gasteiger partial charge on any atom is -0.497 e. The molecular weight excluding hydrogens is 523 g/mol. The average Bonchev–Trinajstić information content (AvgIpc) is 2.75. The number of rotatable bonds is 10. The zero-order valence-corrected chi connectivity index (χ0v) is 19.9. The van der Waals surface area contributed by atoms with Gasteiger partial charge < -0.3 is 30.0 Å². The van der Waals surface area contributed by atoms with Crippen LogP contribution < -0.4 is 24.8 Å². The fourth-order valence-corrected chi connectivity index (χ4v) is 2.75. The maximum absolute atomic E-state index is 12.6. The van der Waals surface area contributed by atoms with Gasteiger partial charge in [0.25, 0.3) is 0 Å². The van der Waals surface area contributed by atoms with E-state index in [1.165, 1.54) is 13.2 Å². The van der Waals surface area contributed by atoms with Crippen LogP contribution in [0.15, 0.2) is 47.5 Å². The lowest BCUT2D eigenvalue weighted by atomic mass is 10.1. The molecule has 2 aromatic rings. The molecule has 172 valence electrons. The second-order valence-electron chi connectivity index (χ2n) is 6.19. The quantitative estimate of drug-likeness (QED) is 0.237. The summed E-state index contributed by atoms with van der Waals surface area (Å²) in [6, 6.07) is 11.6. The Morgan fingerprint density at radius 2 is 1.81 bits per heavy atom. The van der Waals surface area contributed by atoms with E-state index in [4.69, 9.17) is 9.47 Å². The van der Waals surface area contributed by atoms with Crippen molar-refractivity contribution in [2.45, 2.75) is 26.2 Å². The molecule has 0 aliphatic carbocycles. The van der Waals surface area contributed by atoms with Crippen molar-refractivity contribution in [3.8, 4) is 17.2 Å². The lowest BCUT2D eigenvalue weighted by molar-refractivity contribution is -0.0504. The highest BCUT2D eigenvalue weighted by Gasteiger charge is 2.15. The minimum atomic E-state index is -2.91. The molecule has 0 fully saturated rings. The van der Waals surface area contributed by atoms with Gasteiger partial charge in [-0.25, -0.2) is 4.99 Å². The summed E-state index contributed by atoms with van der Waals surface area (Å²) in [7, 11) is 3.07. The molecule has 0 spiro atoms. The summed E-state index contributed by atoms with van der Waals surface area (Å²) in [4.78, 5) is 4.40. The van der Waals surface area contributed by atoms with Crippen molar-refractivity contribution in [2.75, 3.05) is 27.3 Å². The normalized spacial score (nSPS) is 12.0. The van der Waals surface area contributed by atoms with Crippen LogP contribution in [0.2, 0.25) is 0 Å². The minimum absolute atomic E-state index is 0. The smallest absolute Gasteiger partial charge is 0.387 e. The number of aliphatic hydroxyl groups is 1. The Labute approximate surface area is 197 Å². The Hall–Kier alpha value is -2.34. The number of alkyl halides is 2. The Balaban J connectivity index is 0.00000480. The van der Waals surface area contributed by atoms with Crippen LogP contribution in [0.3, 0.4) is 0 Å². The van der Waals surface area contributed by atoms with Crippen molar-refractivity contribution in [3.05, 3.63) is 53.6 Å². The maximum Gasteiger partial charge on any atom is 0.387 e. The predicted molar refractivity (Wildman–Crippen MR) is 126 cm³/mol. The van der Waals surface area contributed by atoms with Gasteiger partial charge in [-0.2, -0.15) is 8.78 Å². The first kappa shape index (κ1) is 26.7. The number of hydrogen-bond acceptors (Lipinski definition) is 5. The standard InChI is InChI=1S/C21H27F2N3O4.HI/c1-4-24-21(25-12-14-7-5-6-8-18(14)30-20(22)23)26-13-17(27)16-11-15(28-2)9-10-19(16)29-3;/h5-11,17,20,27H,4,12-13H2,1-3H3,(H2,24,25,26);1H. The second kappa shape index (κ2) is 13.9. The molecule has 0 aliphatic rings. The van der Waals surface area contributed by atoms with Crippen LogP contribution in [0.25, 0.3) is 0 Å². The van der Waals surface area contributed by atoms with E-state index in [-0.39, 0.29) is 42.8 Å². The lowest BCUT2D eigenvalue weighted by Gasteiger charge is -2.18. The number of aliphatic hydroxyl groups excluding tert-OH is 1. The van der Waals surface area contributed by atoms with E-state index in [0.717, 1.165) is 0 Å². The SMILES string of the molecule is CCNC(=NCc1ccccc1OC(F)F)NCC(O)c1cc(OC)ccc1OC.I. The fourth-order valence-electron chi connectivity index (χ4n) is 2.75. The topological polar surface area (TPSA) is 84.3 Å². The Morgan fingerprint density at radius 3 is 2.45 bits per heavy atom. The highest BCUT2D eigenvalue weighted by molar-refractivity contribution is 14.0. The monoisotopic (exact) mass is 551 g/mol. The van der Waals surface area contributed by atoms with Crippen molar-refractivity contribution in [1.29, 1.82) is 0 Å². The van der Waals surface area contributed by atoms with Gasteiger partial charge >= 0.3 is 6.61 Å². The van der Waals surface area contributed by atoms with Crippen LogP contribution >= 0.6 is 24.0 Å². The molecule has 0 aliphatic heterocycles. The number of halogens is 3. The summed E-state index contributed by atoms with van der Waals surface area (Å²) in [5.41, 5.74) is 1.08. The van der Waals surface area contributed by atoms with Gasteiger partial charge in [-0.05, 0) is 31.2 Å². The van der Waals surface area contributed by atoms with Crippen LogP contribution in [0.4, 0.5) is 8.78 Å². The van der Waals surface area contributed by atoms with E-state index >= 15 is 0 Å². The number of ether oxygens (including phenoxy) is 3. The van der Waals surface area contributed by atoms with Gasteiger partial charge in [0.2, 0.25) is 0 Å². The van der Waals surface area contributed by atoms with Gasteiger partial charge in [0.05, 0.1) is 26.9 Å². The van der Waals surface area contributed by atoms with Crippen molar-refractivity contribution in [2.24, 2.45) is 4.99 Å². The third-order valence-electron chi connectivity index (χ3n) is 4.20. The number of methoxy groups -OCH3 is 2. The number of guanidine groups is 1. The van der Waals surface area contributed by atoms with Crippen LogP contribution in [0, 0.1) is 0 Å². The zero-order valence-electron chi connectivity index (χ0n) is 17.6. The molecule has 0 bridgehead atoms. The summed E-state index contributed by atoms with van der Waals surface area (Å²) in [6.07, 6.45) is -0.895. The van der Waals surface area contributed by atoms with E-state index in [0.29, 0.717) is 35.1 Å². The molecule has 0 saturated carbocycles. The molecule has 31 heavy (non-hydrogen) atoms. The van der Waals surface area contributed by atoms with Crippen molar-refractivity contribution >= 4 is 29.9 Å². The Bertz CT molecular complexity index is 840. The molecule has 10 heteroatoms. The van der Waals surface area contributed by atoms with Crippen molar-refractivity contribution in [1.82, 2.24) is 10.6 Å². The van der Waals surface area contributed by atoms with Gasteiger partial charge in [-0.3, -0.25) is 0 Å². The second-order valence-corrected chi connectivity index (χ2v) is 6.19. The van der Waals surface area contributed by atoms with E-state index in [1.54, 1.807) is 43.5 Å². The van der Waals surface area contributed by atoms with Gasteiger partial charge in [0, 0.05) is 24.2 Å². The van der Waals surface area contributed by atoms with Gasteiger partial charge in [-0.15, -0.1) is 24.0 Å². The molecule has 0 amide bonds. The Morgan fingerprint density at radius 1 is 1.06 bits per heavy atom. The van der Waals surface area contributed by atoms with Gasteiger partial charge in [-0.1, -0.05) is 18.2 Å².